The second-order valence-corrected chi connectivity index (χ2v) is 33.5. The van der Waals surface area contributed by atoms with Crippen LogP contribution in [0.5, 0.6) is 5.75 Å². The van der Waals surface area contributed by atoms with Gasteiger partial charge in [0.25, 0.3) is 0 Å². The lowest BCUT2D eigenvalue weighted by Gasteiger charge is -2.28. The number of carbonyl (C=O) groups excluding carboxylic acids is 14. The van der Waals surface area contributed by atoms with E-state index < -0.39 is 357 Å². The predicted molar refractivity (Wildman–Crippen MR) is 491 cm³/mol. The number of H-pyrrole nitrogens is 1. The van der Waals surface area contributed by atoms with Crippen molar-refractivity contribution in [3.63, 3.8) is 0 Å². The zero-order chi connectivity index (χ0) is 107. The van der Waals surface area contributed by atoms with Crippen molar-refractivity contribution in [1.82, 2.24) is 88.8 Å². The van der Waals surface area contributed by atoms with E-state index >= 15 is 0 Å². The van der Waals surface area contributed by atoms with Gasteiger partial charge in [-0.25, -0.2) is 0 Å². The lowest BCUT2D eigenvalue weighted by molar-refractivity contribution is -0.143. The molecule has 0 bridgehead atoms. The van der Waals surface area contributed by atoms with Gasteiger partial charge in [0.2, 0.25) is 82.7 Å². The van der Waals surface area contributed by atoms with Crippen LogP contribution in [0.1, 0.15) is 114 Å². The van der Waals surface area contributed by atoms with E-state index in [9.17, 15) is 181 Å². The highest BCUT2D eigenvalue weighted by atomic mass is 32.2. The molecule has 28 N–H and O–H groups in total. The summed E-state index contributed by atoms with van der Waals surface area (Å²) >= 11 is 1.23. The third-order valence-corrected chi connectivity index (χ3v) is 21.7. The standard InChI is InChI=1S/C87H116N18O37S/c1-45(77(132)101-60(35-47-12-14-49(106)15-13-47)78(133)90-39-63(107)93-61(36-48-38-89-51-11-7-6-10-50(48)51)86(141)99-58(28-33-143-2)85(140)102-62(37-71(121)122)87(142)100-59(76(88)131)34-46-8-4-3-5-9-46)91-79(134)53(17-23-66(111)112)94-81(136)55(19-25-68(115)116)96-83(138)57(21-27-70(119)120)98-84(139)56(20-26-69(117)118)97-82(137)54(18-24-67(113)114)95-80(135)52(16-22-65(109)110)92-64(108)40-104(42-73(125)126)31-29-103(41-72(123)124)30-32-105(43-74(127)128)44-75(129)130/h3-15,38,45,52-62,89,106H,16-37,39-44H2,1-2H3,(H2,88,131)(H,90,133)(H,91,134)(H,92,108)(H,93,107)(H,94,136)(H,95,135)(H,96,138)(H,97,137)(H,98,139)(H,99,141)(H,100,142)(H,101,132)(H,102,140)(H,109,110)(H,111,112)(H,113,114)(H,115,116)(H,117,118)(H,119,120)(H,121,122)(H,123,124)(H,125,126)(H,127,128)(H,129,130)/t45-,52+,53-,54-,55-,56-,57-,58-,59-,60-,61-,62-/m0/s1. The Balaban J connectivity index is 1.60. The molecule has 3 aromatic carbocycles. The highest BCUT2D eigenvalue weighted by molar-refractivity contribution is 7.98. The second kappa shape index (κ2) is 61.4. The Kier molecular flexibility index (Phi) is 51.2. The number of aromatic hydroxyl groups is 1. The molecule has 1 heterocycles. The number of benzene rings is 3. The van der Waals surface area contributed by atoms with Gasteiger partial charge in [0.1, 0.15) is 78.3 Å². The molecule has 14 amide bonds. The minimum atomic E-state index is -2.21. The molecular weight excluding hydrogens is 1920 g/mol. The van der Waals surface area contributed by atoms with Gasteiger partial charge in [-0.05, 0) is 98.8 Å². The van der Waals surface area contributed by atoms with Gasteiger partial charge in [-0.1, -0.05) is 60.7 Å². The Labute approximate surface area is 816 Å². The molecule has 55 nitrogen and oxygen atoms in total. The number of phenolic OH excluding ortho intramolecular Hbond substituents is 1. The molecule has 0 spiro atoms. The Morgan fingerprint density at radius 2 is 0.643 bits per heavy atom. The maximum Gasteiger partial charge on any atom is 0.317 e. The van der Waals surface area contributed by atoms with Crippen molar-refractivity contribution in [3.05, 3.63) is 102 Å². The second-order valence-electron chi connectivity index (χ2n) is 32.5. The number of aromatic nitrogens is 1. The van der Waals surface area contributed by atoms with E-state index in [1.807, 2.05) is 0 Å². The molecule has 0 fully saturated rings. The molecule has 0 saturated carbocycles. The van der Waals surface area contributed by atoms with Crippen LogP contribution in [-0.2, 0) is 139 Å². The van der Waals surface area contributed by atoms with Crippen LogP contribution in [0, 0.1) is 0 Å². The summed E-state index contributed by atoms with van der Waals surface area (Å²) in [5.41, 5.74) is 7.45. The van der Waals surface area contributed by atoms with Crippen molar-refractivity contribution in [2.24, 2.45) is 5.73 Å². The lowest BCUT2D eigenvalue weighted by atomic mass is 10.0. The van der Waals surface area contributed by atoms with Gasteiger partial charge in [0.15, 0.2) is 0 Å². The number of phenols is 1. The van der Waals surface area contributed by atoms with Crippen LogP contribution in [0.4, 0.5) is 0 Å². The van der Waals surface area contributed by atoms with Crippen molar-refractivity contribution in [2.75, 3.05) is 77.5 Å². The summed E-state index contributed by atoms with van der Waals surface area (Å²) in [7, 11) is 0. The monoisotopic (exact) mass is 2040 g/mol. The number of hydrogen-bond acceptors (Lipinski definition) is 30. The van der Waals surface area contributed by atoms with Crippen molar-refractivity contribution < 1.29 is 181 Å². The van der Waals surface area contributed by atoms with E-state index in [4.69, 9.17) is 5.73 Å². The molecule has 0 aliphatic rings. The van der Waals surface area contributed by atoms with E-state index in [1.54, 1.807) is 60.9 Å². The summed E-state index contributed by atoms with van der Waals surface area (Å²) in [5, 5.41) is 146. The first-order valence-electron chi connectivity index (χ1n) is 44.0. The van der Waals surface area contributed by atoms with Gasteiger partial charge in [-0.3, -0.25) is 135 Å². The number of carboxylic acids is 11. The van der Waals surface area contributed by atoms with Gasteiger partial charge < -0.3 is 141 Å². The molecule has 0 aliphatic carbocycles. The average molecular weight is 2040 g/mol. The summed E-state index contributed by atoms with van der Waals surface area (Å²) < 4.78 is 0. The van der Waals surface area contributed by atoms with Gasteiger partial charge in [0, 0.05) is 101 Å². The molecule has 143 heavy (non-hydrogen) atoms. The minimum Gasteiger partial charge on any atom is -0.508 e. The summed E-state index contributed by atoms with van der Waals surface area (Å²) in [4.78, 5) is 335. The van der Waals surface area contributed by atoms with Crippen molar-refractivity contribution in [2.45, 2.75) is 189 Å². The highest BCUT2D eigenvalue weighted by Gasteiger charge is 2.39. The fourth-order valence-electron chi connectivity index (χ4n) is 13.8. The number of primary amides is 1. The van der Waals surface area contributed by atoms with E-state index in [-0.39, 0.29) is 56.0 Å². The molecule has 12 atom stereocenters. The Morgan fingerprint density at radius 1 is 0.322 bits per heavy atom. The summed E-state index contributed by atoms with van der Waals surface area (Å²) in [6, 6.07) is -2.61. The molecule has 0 saturated heterocycles. The third-order valence-electron chi connectivity index (χ3n) is 21.1. The quantitative estimate of drug-likeness (QED) is 0.0195. The first-order valence-corrected chi connectivity index (χ1v) is 45.4. The van der Waals surface area contributed by atoms with E-state index in [0.717, 1.165) is 21.6 Å². The van der Waals surface area contributed by atoms with Crippen LogP contribution in [0.2, 0.25) is 0 Å². The summed E-state index contributed by atoms with van der Waals surface area (Å²) in [6.45, 7) is -5.76. The molecular formula is C87H116N18O37S. The Bertz CT molecular complexity index is 5190. The van der Waals surface area contributed by atoms with Crippen LogP contribution >= 0.6 is 11.8 Å². The van der Waals surface area contributed by atoms with E-state index in [0.29, 0.717) is 22.0 Å². The van der Waals surface area contributed by atoms with Crippen LogP contribution in [-0.4, -0.2) is 379 Å². The minimum absolute atomic E-state index is 0.119. The number of carboxylic acid groups (broad SMARTS) is 11. The largest absolute Gasteiger partial charge is 0.508 e. The van der Waals surface area contributed by atoms with Crippen LogP contribution in [0.25, 0.3) is 10.9 Å². The number of nitrogens with zero attached hydrogens (tertiary/aromatic N) is 3. The molecule has 4 aromatic rings. The number of rotatable bonds is 71. The van der Waals surface area contributed by atoms with Crippen LogP contribution in [0.3, 0.4) is 0 Å². The maximum atomic E-state index is 14.7. The van der Waals surface area contributed by atoms with Gasteiger partial charge in [-0.2, -0.15) is 11.8 Å². The Hall–Kier alpha value is -16.0. The number of thioether (sulfide) groups is 1. The smallest absolute Gasteiger partial charge is 0.317 e. The number of fused-ring (bicyclic) bond motifs is 1. The molecule has 0 radical (unpaired) electrons. The van der Waals surface area contributed by atoms with Crippen LogP contribution in [0.15, 0.2) is 85.1 Å². The number of amides is 14. The maximum absolute atomic E-state index is 14.7. The summed E-state index contributed by atoms with van der Waals surface area (Å²) in [6.07, 6.45) is -10.3. The molecule has 0 aliphatic heterocycles. The number of para-hydroxylation sites is 1. The number of hydrogen-bond donors (Lipinski definition) is 27. The number of aromatic amines is 1. The SMILES string of the molecule is CSCC[C@H](NC(=O)[C@H](Cc1c[nH]c2ccccc12)NC(=O)CNC(=O)[C@H](Cc1ccc(O)cc1)NC(=O)[C@H](C)NC(=O)[C@H](CCC(=O)O)NC(=O)[C@H](CCC(=O)O)NC(=O)[C@H](CCC(=O)O)NC(=O)[C@H](CCC(=O)O)NC(=O)[C@H](CCC(=O)O)NC(=O)[C@@H](CCC(=O)O)NC(=O)CN(CCN(CCN(CC(=O)O)CC(=O)O)CC(=O)O)CC(=O)O)C(=O)N[C@@H](CC(=O)O)C(=O)N[C@@H](Cc1ccccc1)C(N)=O. The fraction of sp³-hybridized carbons (Fsp3) is 0.483. The normalized spacial score (nSPS) is 13.6. The molecule has 782 valence electrons. The fourth-order valence-corrected chi connectivity index (χ4v) is 14.3. The summed E-state index contributed by atoms with van der Waals surface area (Å²) in [5.74, 6) is -35.2. The average Bonchev–Trinajstić information content (AvgIpc) is 1.67. The third kappa shape index (κ3) is 47.0. The first-order chi connectivity index (χ1) is 67.4. The zero-order valence-electron chi connectivity index (χ0n) is 77.2. The van der Waals surface area contributed by atoms with E-state index in [2.05, 4.69) is 74.1 Å². The van der Waals surface area contributed by atoms with Crippen molar-refractivity contribution in [3.8, 4) is 5.75 Å². The lowest BCUT2D eigenvalue weighted by Crippen LogP contribution is -2.60. The molecule has 1 aromatic heterocycles. The molecule has 0 unspecified atom stereocenters. The van der Waals surface area contributed by atoms with Gasteiger partial charge >= 0.3 is 65.7 Å². The zero-order valence-corrected chi connectivity index (χ0v) is 78.0. The predicted octanol–water partition coefficient (Wildman–Crippen LogP) is -7.00. The van der Waals surface area contributed by atoms with Crippen LogP contribution < -0.4 is 74.9 Å². The number of aliphatic carboxylic acids is 11. The number of nitrogens with one attached hydrogen (secondary N) is 14. The molecule has 4 rings (SSSR count). The van der Waals surface area contributed by atoms with E-state index in [1.165, 1.54) is 42.2 Å². The first kappa shape index (κ1) is 119. The number of nitrogens with two attached hydrogens (primary N) is 1. The van der Waals surface area contributed by atoms with Crippen molar-refractivity contribution >= 4 is 171 Å². The van der Waals surface area contributed by atoms with Gasteiger partial charge in [0.05, 0.1) is 45.7 Å². The Morgan fingerprint density at radius 3 is 1.05 bits per heavy atom. The van der Waals surface area contributed by atoms with Gasteiger partial charge in [-0.15, -0.1) is 0 Å². The highest BCUT2D eigenvalue weighted by Crippen LogP contribution is 2.21. The molecule has 56 heteroatoms. The number of carbonyl (C=O) groups is 25. The van der Waals surface area contributed by atoms with Crippen molar-refractivity contribution in [1.29, 1.82) is 0 Å². The topological polar surface area (TPSA) is 877 Å².